The van der Waals surface area contributed by atoms with Crippen LogP contribution in [0.25, 0.3) is 0 Å². The van der Waals surface area contributed by atoms with Gasteiger partial charge < -0.3 is 4.74 Å². The number of benzene rings is 2. The molecule has 2 aromatic rings. The van der Waals surface area contributed by atoms with E-state index in [0.717, 1.165) is 6.07 Å². The molecule has 2 aromatic carbocycles. The molecule has 1 aliphatic carbocycles. The Kier molecular flexibility index (Phi) is 4.18. The standard InChI is InChI=1S/C19H16F3NO3S/c20-19(21,22)26-14-9-10-18-17(11-14)16-8-4-5-13(16)12-23(18)27(24,25)15-6-2-1-3-7-15/h1-4,6-11,13,16H,5,12H2. The molecule has 142 valence electrons. The van der Waals surface area contributed by atoms with Crippen molar-refractivity contribution in [2.75, 3.05) is 10.8 Å². The van der Waals surface area contributed by atoms with E-state index in [2.05, 4.69) is 4.74 Å². The summed E-state index contributed by atoms with van der Waals surface area (Å²) in [6, 6.07) is 11.8. The summed E-state index contributed by atoms with van der Waals surface area (Å²) in [5, 5.41) is 0. The summed E-state index contributed by atoms with van der Waals surface area (Å²) in [4.78, 5) is 0.149. The van der Waals surface area contributed by atoms with Gasteiger partial charge in [-0.15, -0.1) is 13.2 Å². The third-order valence-electron chi connectivity index (χ3n) is 4.88. The number of hydrogen-bond donors (Lipinski definition) is 0. The second-order valence-corrected chi connectivity index (χ2v) is 8.43. The largest absolute Gasteiger partial charge is 0.573 e. The third-order valence-corrected chi connectivity index (χ3v) is 6.68. The second-order valence-electron chi connectivity index (χ2n) is 6.57. The Hall–Kier alpha value is -2.48. The van der Waals surface area contributed by atoms with Crippen LogP contribution in [0, 0.1) is 5.92 Å². The van der Waals surface area contributed by atoms with Gasteiger partial charge in [0.2, 0.25) is 0 Å². The van der Waals surface area contributed by atoms with Gasteiger partial charge in [0.05, 0.1) is 10.6 Å². The van der Waals surface area contributed by atoms with Crippen molar-refractivity contribution in [2.24, 2.45) is 5.92 Å². The summed E-state index contributed by atoms with van der Waals surface area (Å²) in [5.41, 5.74) is 0.919. The van der Waals surface area contributed by atoms with Crippen LogP contribution in [-0.2, 0) is 10.0 Å². The lowest BCUT2D eigenvalue weighted by atomic mass is 9.84. The molecule has 4 rings (SSSR count). The van der Waals surface area contributed by atoms with Crippen LogP contribution in [0.5, 0.6) is 5.75 Å². The number of rotatable bonds is 3. The van der Waals surface area contributed by atoms with E-state index in [1.54, 1.807) is 18.2 Å². The topological polar surface area (TPSA) is 46.6 Å². The van der Waals surface area contributed by atoms with Crippen molar-refractivity contribution in [1.82, 2.24) is 0 Å². The molecule has 0 radical (unpaired) electrons. The zero-order valence-electron chi connectivity index (χ0n) is 14.1. The van der Waals surface area contributed by atoms with Crippen molar-refractivity contribution in [2.45, 2.75) is 23.6 Å². The first-order valence-electron chi connectivity index (χ1n) is 8.40. The van der Waals surface area contributed by atoms with E-state index in [4.69, 9.17) is 0 Å². The second kappa shape index (κ2) is 6.30. The molecule has 1 heterocycles. The summed E-state index contributed by atoms with van der Waals surface area (Å²) < 4.78 is 69.4. The summed E-state index contributed by atoms with van der Waals surface area (Å²) >= 11 is 0. The monoisotopic (exact) mass is 395 g/mol. The number of anilines is 1. The van der Waals surface area contributed by atoms with Gasteiger partial charge in [-0.05, 0) is 48.2 Å². The normalized spacial score (nSPS) is 21.7. The zero-order chi connectivity index (χ0) is 19.2. The van der Waals surface area contributed by atoms with Gasteiger partial charge in [0.25, 0.3) is 10.0 Å². The summed E-state index contributed by atoms with van der Waals surface area (Å²) in [6.45, 7) is 0.279. The lowest BCUT2D eigenvalue weighted by Gasteiger charge is -2.37. The Bertz CT molecular complexity index is 987. The van der Waals surface area contributed by atoms with Gasteiger partial charge in [-0.25, -0.2) is 8.42 Å². The Morgan fingerprint density at radius 2 is 1.81 bits per heavy atom. The summed E-state index contributed by atoms with van der Waals surface area (Å²) in [7, 11) is -3.82. The van der Waals surface area contributed by atoms with Crippen molar-refractivity contribution in [3.63, 3.8) is 0 Å². The average Bonchev–Trinajstić information content (AvgIpc) is 3.09. The van der Waals surface area contributed by atoms with Crippen molar-refractivity contribution in [1.29, 1.82) is 0 Å². The van der Waals surface area contributed by atoms with E-state index in [-0.39, 0.29) is 29.0 Å². The molecule has 0 fully saturated rings. The highest BCUT2D eigenvalue weighted by Crippen LogP contribution is 2.47. The lowest BCUT2D eigenvalue weighted by molar-refractivity contribution is -0.274. The Labute approximate surface area is 154 Å². The van der Waals surface area contributed by atoms with Crippen LogP contribution < -0.4 is 9.04 Å². The van der Waals surface area contributed by atoms with Gasteiger partial charge in [-0.1, -0.05) is 30.4 Å². The van der Waals surface area contributed by atoms with Gasteiger partial charge in [0, 0.05) is 12.5 Å². The number of alkyl halides is 3. The Balaban J connectivity index is 1.80. The number of fused-ring (bicyclic) bond motifs is 3. The van der Waals surface area contributed by atoms with Crippen LogP contribution in [0.2, 0.25) is 0 Å². The molecule has 27 heavy (non-hydrogen) atoms. The van der Waals surface area contributed by atoms with Gasteiger partial charge >= 0.3 is 6.36 Å². The van der Waals surface area contributed by atoms with Crippen molar-refractivity contribution in [3.05, 3.63) is 66.2 Å². The number of allylic oxidation sites excluding steroid dienone is 2. The zero-order valence-corrected chi connectivity index (χ0v) is 14.9. The van der Waals surface area contributed by atoms with Gasteiger partial charge in [-0.3, -0.25) is 4.31 Å². The molecule has 4 nitrogen and oxygen atoms in total. The number of hydrogen-bond acceptors (Lipinski definition) is 3. The highest BCUT2D eigenvalue weighted by Gasteiger charge is 2.40. The first kappa shape index (κ1) is 17.9. The van der Waals surface area contributed by atoms with E-state index in [0.29, 0.717) is 17.7 Å². The molecule has 0 aromatic heterocycles. The number of nitrogens with zero attached hydrogens (tertiary/aromatic N) is 1. The highest BCUT2D eigenvalue weighted by molar-refractivity contribution is 7.92. The van der Waals surface area contributed by atoms with E-state index in [1.807, 2.05) is 12.2 Å². The molecule has 2 unspecified atom stereocenters. The molecule has 0 amide bonds. The fourth-order valence-corrected chi connectivity index (χ4v) is 5.30. The fourth-order valence-electron chi connectivity index (χ4n) is 3.73. The minimum Gasteiger partial charge on any atom is -0.406 e. The minimum atomic E-state index is -4.80. The lowest BCUT2D eigenvalue weighted by Crippen LogP contribution is -2.40. The van der Waals surface area contributed by atoms with Crippen LogP contribution in [0.4, 0.5) is 18.9 Å². The van der Waals surface area contributed by atoms with Crippen LogP contribution in [0.3, 0.4) is 0 Å². The van der Waals surface area contributed by atoms with Crippen LogP contribution in [0.15, 0.2) is 65.6 Å². The molecule has 0 N–H and O–H groups in total. The summed E-state index contributed by atoms with van der Waals surface area (Å²) in [6.07, 6.45) is -0.263. The van der Waals surface area contributed by atoms with E-state index >= 15 is 0 Å². The smallest absolute Gasteiger partial charge is 0.406 e. The molecule has 0 saturated carbocycles. The predicted molar refractivity (Wildman–Crippen MR) is 94.1 cm³/mol. The molecule has 2 aliphatic rings. The van der Waals surface area contributed by atoms with Crippen LogP contribution >= 0.6 is 0 Å². The predicted octanol–water partition coefficient (Wildman–Crippen LogP) is 4.45. The van der Waals surface area contributed by atoms with Crippen molar-refractivity contribution < 1.29 is 26.3 Å². The quantitative estimate of drug-likeness (QED) is 0.722. The molecular weight excluding hydrogens is 379 g/mol. The number of sulfonamides is 1. The van der Waals surface area contributed by atoms with Crippen molar-refractivity contribution in [3.8, 4) is 5.75 Å². The van der Waals surface area contributed by atoms with Crippen molar-refractivity contribution >= 4 is 15.7 Å². The average molecular weight is 395 g/mol. The van der Waals surface area contributed by atoms with E-state index < -0.39 is 16.4 Å². The maximum atomic E-state index is 13.1. The minimum absolute atomic E-state index is 0.0166. The maximum absolute atomic E-state index is 13.1. The van der Waals surface area contributed by atoms with Gasteiger partial charge in [0.1, 0.15) is 5.75 Å². The molecule has 0 spiro atoms. The van der Waals surface area contributed by atoms with Gasteiger partial charge in [0.15, 0.2) is 0 Å². The first-order valence-corrected chi connectivity index (χ1v) is 9.84. The number of halogens is 3. The van der Waals surface area contributed by atoms with E-state index in [1.165, 1.54) is 28.6 Å². The van der Waals surface area contributed by atoms with Gasteiger partial charge in [-0.2, -0.15) is 0 Å². The summed E-state index contributed by atoms with van der Waals surface area (Å²) in [5.74, 6) is -0.490. The first-order chi connectivity index (χ1) is 12.8. The SMILES string of the molecule is O=S(=O)(c1ccccc1)N1CC2CC=CC2c2cc(OC(F)(F)F)ccc21. The maximum Gasteiger partial charge on any atom is 0.573 e. The highest BCUT2D eigenvalue weighted by atomic mass is 32.2. The molecule has 0 saturated heterocycles. The molecular formula is C19H16F3NO3S. The van der Waals surface area contributed by atoms with E-state index in [9.17, 15) is 21.6 Å². The molecule has 1 aliphatic heterocycles. The van der Waals surface area contributed by atoms with Crippen LogP contribution in [0.1, 0.15) is 17.9 Å². The van der Waals surface area contributed by atoms with Crippen LogP contribution in [-0.4, -0.2) is 21.3 Å². The molecule has 8 heteroatoms. The molecule has 2 atom stereocenters. The fraction of sp³-hybridized carbons (Fsp3) is 0.263. The Morgan fingerprint density at radius 3 is 2.52 bits per heavy atom. The third kappa shape index (κ3) is 3.29. The number of ether oxygens (including phenoxy) is 1. The Morgan fingerprint density at radius 1 is 1.07 bits per heavy atom. The molecule has 0 bridgehead atoms.